The molecule has 154 valence electrons. The smallest absolute Gasteiger partial charge is 0.534 e. The molecule has 1 amide bonds. The molecule has 12 heteroatoms. The van der Waals surface area contributed by atoms with Crippen LogP contribution in [-0.2, 0) is 24.3 Å². The summed E-state index contributed by atoms with van der Waals surface area (Å²) < 4.78 is 6.87. The van der Waals surface area contributed by atoms with E-state index >= 15 is 0 Å². The Hall–Kier alpha value is -3.22. The van der Waals surface area contributed by atoms with Gasteiger partial charge in [-0.05, 0) is 29.5 Å². The molecule has 1 aliphatic rings. The number of nitrogens with two attached hydrogens (primary N) is 1. The lowest BCUT2D eigenvalue weighted by Gasteiger charge is -2.28. The molecule has 5 N–H and O–H groups in total. The fourth-order valence-electron chi connectivity index (χ4n) is 3.42. The lowest BCUT2D eigenvalue weighted by atomic mass is 9.72. The van der Waals surface area contributed by atoms with E-state index in [1.165, 1.54) is 22.1 Å². The van der Waals surface area contributed by atoms with E-state index in [0.717, 1.165) is 5.56 Å². The molecule has 0 fully saturated rings. The van der Waals surface area contributed by atoms with Crippen molar-refractivity contribution in [2.75, 3.05) is 0 Å². The molecular weight excluding hydrogens is 409 g/mol. The van der Waals surface area contributed by atoms with Gasteiger partial charge in [-0.15, -0.1) is 5.10 Å². The van der Waals surface area contributed by atoms with Crippen molar-refractivity contribution in [1.82, 2.24) is 20.3 Å². The molecule has 3 aromatic rings. The summed E-state index contributed by atoms with van der Waals surface area (Å²) in [6, 6.07) is 6.59. The highest BCUT2D eigenvalue weighted by atomic mass is 32.1. The fraction of sp³-hybridized carbons (Fsp3) is 0.222. The predicted molar refractivity (Wildman–Crippen MR) is 109 cm³/mol. The first-order valence-corrected chi connectivity index (χ1v) is 10.1. The van der Waals surface area contributed by atoms with Crippen molar-refractivity contribution in [3.63, 3.8) is 0 Å². The maximum Gasteiger partial charge on any atom is 0.547 e. The van der Waals surface area contributed by atoms with Crippen LogP contribution in [0, 0.1) is 0 Å². The highest BCUT2D eigenvalue weighted by Gasteiger charge is 2.37. The van der Waals surface area contributed by atoms with Gasteiger partial charge in [0.25, 0.3) is 0 Å². The van der Waals surface area contributed by atoms with Gasteiger partial charge in [-0.25, -0.2) is 9.48 Å². The van der Waals surface area contributed by atoms with Crippen LogP contribution >= 0.6 is 11.3 Å². The van der Waals surface area contributed by atoms with Gasteiger partial charge in [0.05, 0.1) is 17.2 Å². The van der Waals surface area contributed by atoms with Gasteiger partial charge in [-0.3, -0.25) is 4.79 Å². The molecule has 30 heavy (non-hydrogen) atoms. The number of nitrogens with zero attached hydrogens (tertiary/aromatic N) is 3. The monoisotopic (exact) mass is 427 g/mol. The van der Waals surface area contributed by atoms with Crippen molar-refractivity contribution in [2.45, 2.75) is 25.5 Å². The summed E-state index contributed by atoms with van der Waals surface area (Å²) in [4.78, 5) is 24.0. The van der Waals surface area contributed by atoms with Crippen LogP contribution in [0.4, 0.5) is 0 Å². The number of fused-ring (bicyclic) bond motifs is 1. The van der Waals surface area contributed by atoms with Crippen LogP contribution in [0.3, 0.4) is 0 Å². The molecule has 1 aromatic carbocycles. The number of rotatable bonds is 6. The largest absolute Gasteiger partial charge is 0.547 e. The number of carbonyl (C=O) groups excluding carboxylic acids is 1. The van der Waals surface area contributed by atoms with Crippen molar-refractivity contribution in [3.8, 4) is 17.0 Å². The fourth-order valence-corrected chi connectivity index (χ4v) is 4.06. The summed E-state index contributed by atoms with van der Waals surface area (Å²) in [5, 5.41) is 34.2. The summed E-state index contributed by atoms with van der Waals surface area (Å²) >= 11 is 1.51. The molecule has 10 nitrogen and oxygen atoms in total. The Balaban J connectivity index is 1.50. The second kappa shape index (κ2) is 8.26. The SMILES string of the molecule is NCc1nnn(CC(=O)N[C@H]2Cc3cccc(C(=O)O)c3OB2O)c1-c1ccsc1. The van der Waals surface area contributed by atoms with Gasteiger partial charge >= 0.3 is 13.1 Å². The third-order valence-electron chi connectivity index (χ3n) is 4.78. The van der Waals surface area contributed by atoms with E-state index in [1.807, 2.05) is 16.8 Å². The lowest BCUT2D eigenvalue weighted by molar-refractivity contribution is -0.122. The molecule has 0 radical (unpaired) electrons. The molecule has 0 saturated carbocycles. The van der Waals surface area contributed by atoms with Gasteiger partial charge in [0.15, 0.2) is 0 Å². The summed E-state index contributed by atoms with van der Waals surface area (Å²) in [5.74, 6) is -2.17. The number of nitrogens with one attached hydrogen (secondary N) is 1. The first-order chi connectivity index (χ1) is 14.5. The number of carboxylic acids is 1. The number of para-hydroxylation sites is 1. The number of aromatic carboxylic acids is 1. The third kappa shape index (κ3) is 3.79. The van der Waals surface area contributed by atoms with Crippen molar-refractivity contribution in [2.24, 2.45) is 5.73 Å². The highest BCUT2D eigenvalue weighted by molar-refractivity contribution is 7.08. The third-order valence-corrected chi connectivity index (χ3v) is 5.47. The summed E-state index contributed by atoms with van der Waals surface area (Å²) in [7, 11) is -1.38. The van der Waals surface area contributed by atoms with E-state index in [0.29, 0.717) is 17.0 Å². The van der Waals surface area contributed by atoms with E-state index in [-0.39, 0.29) is 30.8 Å². The predicted octanol–water partition coefficient (Wildman–Crippen LogP) is 0.303. The van der Waals surface area contributed by atoms with Gasteiger partial charge in [0.2, 0.25) is 5.91 Å². The molecular formula is C18H18BN5O5S. The zero-order valence-electron chi connectivity index (χ0n) is 15.7. The Morgan fingerprint density at radius 2 is 2.23 bits per heavy atom. The molecule has 3 heterocycles. The normalized spacial score (nSPS) is 15.4. The van der Waals surface area contributed by atoms with Crippen LogP contribution in [0.1, 0.15) is 21.6 Å². The quantitative estimate of drug-likeness (QED) is 0.410. The van der Waals surface area contributed by atoms with Crippen molar-refractivity contribution < 1.29 is 24.4 Å². The number of benzene rings is 1. The maximum atomic E-state index is 12.6. The topological polar surface area (TPSA) is 153 Å². The summed E-state index contributed by atoms with van der Waals surface area (Å²) in [5.41, 5.74) is 8.43. The summed E-state index contributed by atoms with van der Waals surface area (Å²) in [6.45, 7) is 0.0636. The lowest BCUT2D eigenvalue weighted by Crippen LogP contribution is -2.53. The number of carbonyl (C=O) groups is 2. The highest BCUT2D eigenvalue weighted by Crippen LogP contribution is 2.30. The van der Waals surface area contributed by atoms with Crippen molar-refractivity contribution in [1.29, 1.82) is 0 Å². The van der Waals surface area contributed by atoms with E-state index < -0.39 is 24.9 Å². The number of hydrogen-bond acceptors (Lipinski definition) is 8. The van der Waals surface area contributed by atoms with Gasteiger partial charge < -0.3 is 25.8 Å². The van der Waals surface area contributed by atoms with Crippen LogP contribution in [-0.4, -0.2) is 50.1 Å². The minimum absolute atomic E-state index is 0.0336. The van der Waals surface area contributed by atoms with Crippen molar-refractivity contribution in [3.05, 3.63) is 51.8 Å². The molecule has 1 aliphatic heterocycles. The minimum atomic E-state index is -1.38. The Morgan fingerprint density at radius 3 is 2.93 bits per heavy atom. The first kappa shape index (κ1) is 20.1. The first-order valence-electron chi connectivity index (χ1n) is 9.12. The zero-order valence-corrected chi connectivity index (χ0v) is 16.5. The second-order valence-electron chi connectivity index (χ2n) is 6.74. The second-order valence-corrected chi connectivity index (χ2v) is 7.52. The van der Waals surface area contributed by atoms with E-state index in [9.17, 15) is 19.7 Å². The molecule has 1 atom stereocenters. The zero-order chi connectivity index (χ0) is 21.3. The van der Waals surface area contributed by atoms with Crippen LogP contribution in [0.2, 0.25) is 0 Å². The number of hydrogen-bond donors (Lipinski definition) is 4. The maximum absolute atomic E-state index is 12.6. The number of aromatic nitrogens is 3. The van der Waals surface area contributed by atoms with Crippen LogP contribution in [0.5, 0.6) is 5.75 Å². The molecule has 0 saturated heterocycles. The number of amides is 1. The van der Waals surface area contributed by atoms with E-state index in [4.69, 9.17) is 10.4 Å². The van der Waals surface area contributed by atoms with Gasteiger partial charge in [-0.2, -0.15) is 11.3 Å². The van der Waals surface area contributed by atoms with Crippen LogP contribution < -0.4 is 15.7 Å². The Morgan fingerprint density at radius 1 is 1.40 bits per heavy atom. The standard InChI is InChI=1S/C18H18BN5O5S/c20-7-13-16(11-4-5-30-9-11)24(23-22-13)8-15(25)21-14-6-10-2-1-3-12(18(26)27)17(10)29-19(14)28/h1-5,9,14,28H,6-8,20H2,(H,21,25)(H,26,27)/t14-/m0/s1. The van der Waals surface area contributed by atoms with Crippen molar-refractivity contribution >= 4 is 30.3 Å². The number of thiophene rings is 1. The van der Waals surface area contributed by atoms with Crippen LogP contribution in [0.15, 0.2) is 35.0 Å². The van der Waals surface area contributed by atoms with Gasteiger partial charge in [0, 0.05) is 17.5 Å². The molecule has 0 bridgehead atoms. The average Bonchev–Trinajstić information content (AvgIpc) is 3.37. The van der Waals surface area contributed by atoms with Crippen LogP contribution in [0.25, 0.3) is 11.3 Å². The Bertz CT molecular complexity index is 1090. The molecule has 0 aliphatic carbocycles. The van der Waals surface area contributed by atoms with Gasteiger partial charge in [-0.1, -0.05) is 17.3 Å². The van der Waals surface area contributed by atoms with E-state index in [2.05, 4.69) is 15.6 Å². The average molecular weight is 427 g/mol. The molecule has 0 spiro atoms. The molecule has 0 unspecified atom stereocenters. The van der Waals surface area contributed by atoms with E-state index in [1.54, 1.807) is 12.1 Å². The Kier molecular flexibility index (Phi) is 5.53. The summed E-state index contributed by atoms with van der Waals surface area (Å²) in [6.07, 6.45) is 0.228. The minimum Gasteiger partial charge on any atom is -0.534 e. The van der Waals surface area contributed by atoms with Gasteiger partial charge in [0.1, 0.15) is 18.0 Å². The number of carboxylic acid groups (broad SMARTS) is 1. The molecule has 2 aromatic heterocycles. The Labute approximate surface area is 175 Å². The molecule has 4 rings (SSSR count).